The van der Waals surface area contributed by atoms with Crippen molar-refractivity contribution in [3.05, 3.63) is 63.1 Å². The van der Waals surface area contributed by atoms with Crippen molar-refractivity contribution in [2.45, 2.75) is 51.7 Å². The van der Waals surface area contributed by atoms with Crippen molar-refractivity contribution >= 4 is 45.2 Å². The van der Waals surface area contributed by atoms with Crippen LogP contribution in [0.3, 0.4) is 0 Å². The number of hydrogen-bond acceptors (Lipinski definition) is 7. The van der Waals surface area contributed by atoms with Crippen LogP contribution in [0.1, 0.15) is 49.6 Å². The Balaban J connectivity index is 1.37. The Morgan fingerprint density at radius 2 is 2.00 bits per heavy atom. The molecule has 1 atom stereocenters. The number of rotatable bonds is 7. The summed E-state index contributed by atoms with van der Waals surface area (Å²) in [6.07, 6.45) is 1.75. The fourth-order valence-corrected chi connectivity index (χ4v) is 6.67. The third-order valence-corrected chi connectivity index (χ3v) is 8.80. The van der Waals surface area contributed by atoms with Gasteiger partial charge in [0.15, 0.2) is 0 Å². The minimum atomic E-state index is -0.876. The smallest absolute Gasteiger partial charge is 0.325 e. The Hall–Kier alpha value is -2.82. The second-order valence-electron chi connectivity index (χ2n) is 10.3. The van der Waals surface area contributed by atoms with Gasteiger partial charge in [-0.1, -0.05) is 30.3 Å². The highest BCUT2D eigenvalue weighted by Gasteiger charge is 2.43. The fourth-order valence-electron chi connectivity index (χ4n) is 4.84. The Bertz CT molecular complexity index is 1330. The summed E-state index contributed by atoms with van der Waals surface area (Å²) in [5, 5.41) is 5.87. The quantitative estimate of drug-likeness (QED) is 0.378. The molecule has 0 spiro atoms. The molecular weight excluding hydrogens is 552 g/mol. The first kappa shape index (κ1) is 25.8. The molecule has 2 aromatic heterocycles. The molecule has 194 valence electrons. The summed E-state index contributed by atoms with van der Waals surface area (Å²) < 4.78 is 0.824. The SMILES string of the molecule is CC(C)N1Cc2cc(-c3nc(NCCN4C(=O)NC(C)(C)C4=O)ncc3Br)sc2C(c2ccccc2)C1. The van der Waals surface area contributed by atoms with Gasteiger partial charge in [-0.05, 0) is 60.8 Å². The Kier molecular flexibility index (Phi) is 7.08. The van der Waals surface area contributed by atoms with E-state index in [-0.39, 0.29) is 18.5 Å². The van der Waals surface area contributed by atoms with Crippen molar-refractivity contribution < 1.29 is 9.59 Å². The van der Waals surface area contributed by atoms with E-state index in [0.717, 1.165) is 28.1 Å². The average Bonchev–Trinajstić information content (AvgIpc) is 3.38. The number of fused-ring (bicyclic) bond motifs is 1. The lowest BCUT2D eigenvalue weighted by atomic mass is 9.90. The van der Waals surface area contributed by atoms with Crippen LogP contribution in [0.2, 0.25) is 0 Å². The first-order chi connectivity index (χ1) is 17.6. The standard InChI is InChI=1S/C27H31BrN6O2S/c1-16(2)33-14-18-12-21(37-23(18)19(15-33)17-8-6-5-7-9-17)22-20(28)13-30-25(31-22)29-10-11-34-24(35)27(3,4)32-26(34)36/h5-9,12-13,16,19H,10-11,14-15H2,1-4H3,(H,32,36)(H,29,30,31). The molecule has 3 aromatic rings. The number of benzene rings is 1. The van der Waals surface area contributed by atoms with E-state index in [4.69, 9.17) is 4.98 Å². The van der Waals surface area contributed by atoms with Crippen LogP contribution in [0.25, 0.3) is 10.6 Å². The number of carbonyl (C=O) groups excluding carboxylic acids is 2. The summed E-state index contributed by atoms with van der Waals surface area (Å²) in [5.74, 6) is 0.543. The van der Waals surface area contributed by atoms with Crippen molar-refractivity contribution in [1.29, 1.82) is 0 Å². The first-order valence-electron chi connectivity index (χ1n) is 12.5. The normalized spacial score (nSPS) is 19.3. The largest absolute Gasteiger partial charge is 0.352 e. The molecule has 10 heteroatoms. The van der Waals surface area contributed by atoms with Crippen molar-refractivity contribution in [2.75, 3.05) is 25.0 Å². The van der Waals surface area contributed by atoms with Gasteiger partial charge < -0.3 is 10.6 Å². The molecule has 0 saturated carbocycles. The summed E-state index contributed by atoms with van der Waals surface area (Å²) in [5.41, 5.74) is 2.63. The molecule has 1 saturated heterocycles. The molecule has 37 heavy (non-hydrogen) atoms. The highest BCUT2D eigenvalue weighted by molar-refractivity contribution is 9.10. The average molecular weight is 584 g/mol. The molecule has 3 amide bonds. The second-order valence-corrected chi connectivity index (χ2v) is 12.3. The van der Waals surface area contributed by atoms with E-state index in [9.17, 15) is 9.59 Å². The topological polar surface area (TPSA) is 90.5 Å². The number of halogens is 1. The van der Waals surface area contributed by atoms with E-state index in [2.05, 4.69) is 86.7 Å². The molecule has 4 heterocycles. The second kappa shape index (κ2) is 10.2. The van der Waals surface area contributed by atoms with Gasteiger partial charge in [0, 0.05) is 49.2 Å². The number of urea groups is 1. The van der Waals surface area contributed by atoms with Crippen molar-refractivity contribution in [2.24, 2.45) is 0 Å². The summed E-state index contributed by atoms with van der Waals surface area (Å²) in [7, 11) is 0. The van der Waals surface area contributed by atoms with E-state index >= 15 is 0 Å². The van der Waals surface area contributed by atoms with Crippen LogP contribution in [-0.2, 0) is 11.3 Å². The van der Waals surface area contributed by atoms with Crippen LogP contribution in [0.15, 0.2) is 47.1 Å². The summed E-state index contributed by atoms with van der Waals surface area (Å²) >= 11 is 5.44. The van der Waals surface area contributed by atoms with E-state index < -0.39 is 5.54 Å². The van der Waals surface area contributed by atoms with Gasteiger partial charge in [-0.2, -0.15) is 0 Å². The molecule has 1 fully saturated rings. The lowest BCUT2D eigenvalue weighted by Gasteiger charge is -2.35. The number of nitrogens with one attached hydrogen (secondary N) is 2. The maximum absolute atomic E-state index is 12.4. The van der Waals surface area contributed by atoms with Crippen molar-refractivity contribution in [3.8, 4) is 10.6 Å². The summed E-state index contributed by atoms with van der Waals surface area (Å²) in [4.78, 5) is 40.0. The zero-order valence-corrected chi connectivity index (χ0v) is 23.8. The molecule has 1 aromatic carbocycles. The molecule has 5 rings (SSSR count). The van der Waals surface area contributed by atoms with Gasteiger partial charge in [-0.25, -0.2) is 14.8 Å². The number of anilines is 1. The minimum absolute atomic E-state index is 0.232. The van der Waals surface area contributed by atoms with Crippen LogP contribution >= 0.6 is 27.3 Å². The Morgan fingerprint density at radius 1 is 1.24 bits per heavy atom. The van der Waals surface area contributed by atoms with Gasteiger partial charge in [0.2, 0.25) is 5.95 Å². The number of hydrogen-bond donors (Lipinski definition) is 2. The molecule has 2 N–H and O–H groups in total. The summed E-state index contributed by atoms with van der Waals surface area (Å²) in [6.45, 7) is 10.4. The minimum Gasteiger partial charge on any atom is -0.352 e. The van der Waals surface area contributed by atoms with Crippen molar-refractivity contribution in [1.82, 2.24) is 25.1 Å². The summed E-state index contributed by atoms with van der Waals surface area (Å²) in [6, 6.07) is 13.1. The number of aromatic nitrogens is 2. The van der Waals surface area contributed by atoms with E-state index in [1.165, 1.54) is 20.9 Å². The molecule has 0 radical (unpaired) electrons. The maximum Gasteiger partial charge on any atom is 0.325 e. The molecule has 0 bridgehead atoms. The van der Waals surface area contributed by atoms with Gasteiger partial charge in [0.1, 0.15) is 5.54 Å². The highest BCUT2D eigenvalue weighted by Crippen LogP contribution is 2.43. The predicted octanol–water partition coefficient (Wildman–Crippen LogP) is 5.07. The van der Waals surface area contributed by atoms with E-state index in [0.29, 0.717) is 24.5 Å². The molecular formula is C27H31BrN6O2S. The fraction of sp³-hybridized carbons (Fsp3) is 0.407. The number of imide groups is 1. The zero-order valence-electron chi connectivity index (χ0n) is 21.4. The number of thiophene rings is 1. The zero-order chi connectivity index (χ0) is 26.3. The van der Waals surface area contributed by atoms with Gasteiger partial charge in [-0.3, -0.25) is 14.6 Å². The van der Waals surface area contributed by atoms with Crippen LogP contribution in [0.4, 0.5) is 10.7 Å². The van der Waals surface area contributed by atoms with Gasteiger partial charge >= 0.3 is 6.03 Å². The molecule has 2 aliphatic heterocycles. The van der Waals surface area contributed by atoms with Gasteiger partial charge in [0.25, 0.3) is 5.91 Å². The monoisotopic (exact) mass is 582 g/mol. The number of nitrogens with zero attached hydrogens (tertiary/aromatic N) is 4. The lowest BCUT2D eigenvalue weighted by Crippen LogP contribution is -2.40. The van der Waals surface area contributed by atoms with Crippen LogP contribution in [-0.4, -0.2) is 62.9 Å². The van der Waals surface area contributed by atoms with E-state index in [1.54, 1.807) is 31.4 Å². The van der Waals surface area contributed by atoms with Crippen LogP contribution < -0.4 is 10.6 Å². The number of carbonyl (C=O) groups is 2. The van der Waals surface area contributed by atoms with Crippen molar-refractivity contribution in [3.63, 3.8) is 0 Å². The third kappa shape index (κ3) is 5.15. The highest BCUT2D eigenvalue weighted by atomic mass is 79.9. The third-order valence-electron chi connectivity index (χ3n) is 6.92. The van der Waals surface area contributed by atoms with Crippen LogP contribution in [0, 0.1) is 0 Å². The maximum atomic E-state index is 12.4. The molecule has 0 aliphatic carbocycles. The Labute approximate surface area is 229 Å². The first-order valence-corrected chi connectivity index (χ1v) is 14.1. The molecule has 1 unspecified atom stereocenters. The van der Waals surface area contributed by atoms with Gasteiger partial charge in [-0.15, -0.1) is 11.3 Å². The predicted molar refractivity (Wildman–Crippen MR) is 150 cm³/mol. The lowest BCUT2D eigenvalue weighted by molar-refractivity contribution is -0.130. The number of amides is 3. The molecule has 8 nitrogen and oxygen atoms in total. The van der Waals surface area contributed by atoms with Crippen LogP contribution in [0.5, 0.6) is 0 Å². The Morgan fingerprint density at radius 3 is 2.68 bits per heavy atom. The van der Waals surface area contributed by atoms with E-state index in [1.807, 2.05) is 0 Å². The molecule has 2 aliphatic rings. The van der Waals surface area contributed by atoms with Gasteiger partial charge in [0.05, 0.1) is 15.0 Å².